The van der Waals surface area contributed by atoms with Crippen molar-refractivity contribution in [1.82, 2.24) is 4.90 Å². The van der Waals surface area contributed by atoms with Crippen molar-refractivity contribution in [3.05, 3.63) is 72.3 Å². The summed E-state index contributed by atoms with van der Waals surface area (Å²) < 4.78 is 22.9. The maximum Gasteiger partial charge on any atom is 0.420 e. The zero-order valence-electron chi connectivity index (χ0n) is 28.5. The predicted molar refractivity (Wildman–Crippen MR) is 179 cm³/mol. The second kappa shape index (κ2) is 16.6. The highest BCUT2D eigenvalue weighted by atomic mass is 28.3. The number of rotatable bonds is 12. The van der Waals surface area contributed by atoms with Crippen LogP contribution in [0, 0.1) is 0 Å². The van der Waals surface area contributed by atoms with E-state index in [9.17, 15) is 19.2 Å². The molecule has 0 aliphatic carbocycles. The maximum absolute atomic E-state index is 13.5. The van der Waals surface area contributed by atoms with E-state index in [-0.39, 0.29) is 31.5 Å². The van der Waals surface area contributed by atoms with E-state index in [1.807, 2.05) is 30.3 Å². The molecule has 0 fully saturated rings. The summed E-state index contributed by atoms with van der Waals surface area (Å²) in [6, 6.07) is 16.8. The van der Waals surface area contributed by atoms with E-state index in [4.69, 9.17) is 24.4 Å². The number of imide groups is 1. The fourth-order valence-electron chi connectivity index (χ4n) is 4.20. The van der Waals surface area contributed by atoms with Crippen molar-refractivity contribution in [1.29, 1.82) is 0 Å². The Hall–Kier alpha value is -3.96. The molecule has 0 heterocycles. The Morgan fingerprint density at radius 3 is 1.87 bits per heavy atom. The molecule has 0 spiro atoms. The molecule has 11 heteroatoms. The van der Waals surface area contributed by atoms with E-state index < -0.39 is 50.3 Å². The normalized spacial score (nSPS) is 12.9. The van der Waals surface area contributed by atoms with Gasteiger partial charge in [-0.3, -0.25) is 4.79 Å². The fourth-order valence-corrected chi connectivity index (χ4v) is 6.12. The number of amides is 3. The minimum Gasteiger partial charge on any atom is -0.458 e. The van der Waals surface area contributed by atoms with Crippen LogP contribution in [0.3, 0.4) is 0 Å². The molecule has 10 nitrogen and oxygen atoms in total. The van der Waals surface area contributed by atoms with Crippen LogP contribution in [-0.4, -0.2) is 68.5 Å². The molecule has 1 radical (unpaired) electrons. The van der Waals surface area contributed by atoms with E-state index in [1.54, 1.807) is 41.5 Å². The van der Waals surface area contributed by atoms with Gasteiger partial charge >= 0.3 is 18.2 Å². The third-order valence-electron chi connectivity index (χ3n) is 6.27. The summed E-state index contributed by atoms with van der Waals surface area (Å²) in [5, 5.41) is 2.05. The Labute approximate surface area is 274 Å². The van der Waals surface area contributed by atoms with Crippen molar-refractivity contribution in [2.75, 3.05) is 13.2 Å². The fraction of sp³-hybridized carbons (Fsp3) is 0.486. The SMILES string of the molecule is CC(C)(C)OC(=O)C(CC/C=C/C(N)=O)N(C(=O)OCCO[Si](c1ccccc1)c1ccc(C(C)(C)C)cc1)C(=O)OC(C)(C)C. The van der Waals surface area contributed by atoms with Gasteiger partial charge in [-0.1, -0.05) is 81.4 Å². The average molecular weight is 654 g/mol. The zero-order valence-corrected chi connectivity index (χ0v) is 29.5. The van der Waals surface area contributed by atoms with Gasteiger partial charge in [-0.2, -0.15) is 4.90 Å². The molecule has 1 unspecified atom stereocenters. The number of esters is 1. The standard InChI is InChI=1S/C35H49N2O8Si/c1-33(2,3)25-19-21-27(22-20-25)46(26-15-11-10-12-16-26)43-24-23-42-31(40)37(32(41)45-35(7,8)9)28(17-13-14-18-29(36)38)30(39)44-34(4,5)6/h10-12,14-16,18-22,28H,13,17,23-24H2,1-9H3,(H2,36,38)/b18-14+. The molecule has 0 aromatic heterocycles. The van der Waals surface area contributed by atoms with Gasteiger partial charge in [0.2, 0.25) is 5.91 Å². The number of allylic oxidation sites excluding steroid dienone is 1. The van der Waals surface area contributed by atoms with Gasteiger partial charge in [-0.25, -0.2) is 14.4 Å². The Morgan fingerprint density at radius 1 is 0.783 bits per heavy atom. The Bertz CT molecular complexity index is 1340. The third-order valence-corrected chi connectivity index (χ3v) is 8.48. The first-order chi connectivity index (χ1) is 21.3. The summed E-state index contributed by atoms with van der Waals surface area (Å²) in [5.41, 5.74) is 4.50. The molecular weight excluding hydrogens is 604 g/mol. The van der Waals surface area contributed by atoms with E-state index >= 15 is 0 Å². The summed E-state index contributed by atoms with van der Waals surface area (Å²) >= 11 is 0. The van der Waals surface area contributed by atoms with E-state index in [1.165, 1.54) is 11.6 Å². The first kappa shape index (κ1) is 38.2. The number of carbonyl (C=O) groups excluding carboxylic acids is 4. The number of nitrogens with two attached hydrogens (primary N) is 1. The van der Waals surface area contributed by atoms with Gasteiger partial charge in [0.05, 0.1) is 6.61 Å². The van der Waals surface area contributed by atoms with Crippen LogP contribution in [0.25, 0.3) is 0 Å². The quantitative estimate of drug-likeness (QED) is 0.111. The van der Waals surface area contributed by atoms with E-state index in [0.717, 1.165) is 16.4 Å². The van der Waals surface area contributed by atoms with Crippen molar-refractivity contribution >= 4 is 43.5 Å². The summed E-state index contributed by atoms with van der Waals surface area (Å²) in [6.07, 6.45) is 0.515. The van der Waals surface area contributed by atoms with E-state index in [2.05, 4.69) is 45.0 Å². The molecule has 251 valence electrons. The van der Waals surface area contributed by atoms with Crippen LogP contribution in [0.5, 0.6) is 0 Å². The van der Waals surface area contributed by atoms with Crippen molar-refractivity contribution < 1.29 is 37.8 Å². The van der Waals surface area contributed by atoms with Crippen LogP contribution in [0.2, 0.25) is 0 Å². The van der Waals surface area contributed by atoms with Crippen molar-refractivity contribution in [3.8, 4) is 0 Å². The molecule has 2 aromatic carbocycles. The highest BCUT2D eigenvalue weighted by molar-refractivity contribution is 6.80. The maximum atomic E-state index is 13.5. The second-order valence-corrected chi connectivity index (χ2v) is 15.9. The largest absolute Gasteiger partial charge is 0.458 e. The average Bonchev–Trinajstić information content (AvgIpc) is 2.92. The number of hydrogen-bond acceptors (Lipinski definition) is 8. The predicted octanol–water partition coefficient (Wildman–Crippen LogP) is 5.01. The lowest BCUT2D eigenvalue weighted by molar-refractivity contribution is -0.161. The lowest BCUT2D eigenvalue weighted by Crippen LogP contribution is -2.52. The molecule has 2 N–H and O–H groups in total. The molecule has 46 heavy (non-hydrogen) atoms. The smallest absolute Gasteiger partial charge is 0.420 e. The number of benzene rings is 2. The Balaban J connectivity index is 2.29. The summed E-state index contributed by atoms with van der Waals surface area (Å²) in [5.74, 6) is -1.49. The zero-order chi connectivity index (χ0) is 34.7. The summed E-state index contributed by atoms with van der Waals surface area (Å²) in [6.45, 7) is 16.2. The van der Waals surface area contributed by atoms with Crippen LogP contribution < -0.4 is 16.1 Å². The van der Waals surface area contributed by atoms with Crippen molar-refractivity contribution in [3.63, 3.8) is 0 Å². The second-order valence-electron chi connectivity index (χ2n) is 13.8. The van der Waals surface area contributed by atoms with Crippen LogP contribution in [0.1, 0.15) is 80.7 Å². The van der Waals surface area contributed by atoms with Gasteiger partial charge in [0.1, 0.15) is 23.9 Å². The summed E-state index contributed by atoms with van der Waals surface area (Å²) in [4.78, 5) is 51.9. The Kier molecular flexibility index (Phi) is 13.8. The van der Waals surface area contributed by atoms with Crippen molar-refractivity contribution in [2.24, 2.45) is 5.73 Å². The van der Waals surface area contributed by atoms with Gasteiger partial charge in [-0.15, -0.1) is 0 Å². The first-order valence-electron chi connectivity index (χ1n) is 15.3. The number of nitrogens with zero attached hydrogens (tertiary/aromatic N) is 1. The Morgan fingerprint density at radius 2 is 1.35 bits per heavy atom. The highest BCUT2D eigenvalue weighted by Gasteiger charge is 2.40. The van der Waals surface area contributed by atoms with Crippen LogP contribution in [0.4, 0.5) is 9.59 Å². The van der Waals surface area contributed by atoms with Gasteiger partial charge < -0.3 is 24.4 Å². The lowest BCUT2D eigenvalue weighted by atomic mass is 9.87. The van der Waals surface area contributed by atoms with Crippen LogP contribution in [-0.2, 0) is 33.6 Å². The molecule has 1 atom stereocenters. The highest BCUT2D eigenvalue weighted by Crippen LogP contribution is 2.22. The minimum absolute atomic E-state index is 0.00253. The molecule has 2 aromatic rings. The van der Waals surface area contributed by atoms with Gasteiger partial charge in [-0.05, 0) is 81.8 Å². The number of primary amides is 1. The van der Waals surface area contributed by atoms with Gasteiger partial charge in [0, 0.05) is 0 Å². The summed E-state index contributed by atoms with van der Waals surface area (Å²) in [7, 11) is -1.71. The number of ether oxygens (including phenoxy) is 3. The van der Waals surface area contributed by atoms with Gasteiger partial charge in [0.25, 0.3) is 9.04 Å². The monoisotopic (exact) mass is 653 g/mol. The third kappa shape index (κ3) is 13.2. The number of hydrogen-bond donors (Lipinski definition) is 1. The molecule has 0 saturated carbocycles. The molecular formula is C35H49N2O8Si. The minimum atomic E-state index is -1.71. The molecule has 0 aliphatic rings. The van der Waals surface area contributed by atoms with Crippen molar-refractivity contribution in [2.45, 2.75) is 97.8 Å². The van der Waals surface area contributed by atoms with E-state index in [0.29, 0.717) is 4.90 Å². The van der Waals surface area contributed by atoms with Crippen LogP contribution >= 0.6 is 0 Å². The molecule has 3 amide bonds. The molecule has 0 bridgehead atoms. The number of carbonyl (C=O) groups is 4. The molecule has 2 rings (SSSR count). The van der Waals surface area contributed by atoms with Crippen LogP contribution in [0.15, 0.2) is 66.7 Å². The molecule has 0 aliphatic heterocycles. The van der Waals surface area contributed by atoms with Gasteiger partial charge in [0.15, 0.2) is 0 Å². The lowest BCUT2D eigenvalue weighted by Gasteiger charge is -2.32. The molecule has 0 saturated heterocycles. The topological polar surface area (TPSA) is 134 Å². The first-order valence-corrected chi connectivity index (χ1v) is 16.7.